The molecule has 2 aromatic rings. The van der Waals surface area contributed by atoms with Gasteiger partial charge in [-0.05, 0) is 17.4 Å². The van der Waals surface area contributed by atoms with Crippen LogP contribution >= 0.6 is 11.3 Å². The summed E-state index contributed by atoms with van der Waals surface area (Å²) in [6, 6.07) is 1.94. The Morgan fingerprint density at radius 1 is 1.48 bits per heavy atom. The highest BCUT2D eigenvalue weighted by Gasteiger charge is 2.15. The number of thiophene rings is 1. The van der Waals surface area contributed by atoms with Gasteiger partial charge < -0.3 is 10.2 Å². The van der Waals surface area contributed by atoms with E-state index >= 15 is 0 Å². The van der Waals surface area contributed by atoms with E-state index < -0.39 is 0 Å². The van der Waals surface area contributed by atoms with Gasteiger partial charge in [0.25, 0.3) is 0 Å². The van der Waals surface area contributed by atoms with Gasteiger partial charge in [0.1, 0.15) is 10.6 Å². The standard InChI is InChI=1S/C13H20N6OS/c1-8(2)6-15-10(20)7-19(3)11-9-4-5-21-12(9)17-13(16-11)18-14/h4-5,8H,6-7,14H2,1-3H3,(H,15,20)(H,16,17,18). The molecule has 0 radical (unpaired) electrons. The zero-order valence-electron chi connectivity index (χ0n) is 12.4. The van der Waals surface area contributed by atoms with Gasteiger partial charge in [-0.15, -0.1) is 11.3 Å². The van der Waals surface area contributed by atoms with E-state index in [1.54, 1.807) is 4.90 Å². The van der Waals surface area contributed by atoms with Crippen molar-refractivity contribution in [2.24, 2.45) is 11.8 Å². The second-order valence-corrected chi connectivity index (χ2v) is 6.10. The van der Waals surface area contributed by atoms with Gasteiger partial charge in [0.2, 0.25) is 11.9 Å². The van der Waals surface area contributed by atoms with Crippen LogP contribution in [0.15, 0.2) is 11.4 Å². The number of carbonyl (C=O) groups excluding carboxylic acids is 1. The van der Waals surface area contributed by atoms with Crippen molar-refractivity contribution in [3.8, 4) is 0 Å². The second kappa shape index (κ2) is 6.68. The highest BCUT2D eigenvalue weighted by atomic mass is 32.1. The number of rotatable bonds is 6. The van der Waals surface area contributed by atoms with Crippen molar-refractivity contribution >= 4 is 39.2 Å². The molecule has 0 saturated carbocycles. The van der Waals surface area contributed by atoms with Crippen molar-refractivity contribution in [2.45, 2.75) is 13.8 Å². The molecule has 2 heterocycles. The van der Waals surface area contributed by atoms with Crippen LogP contribution in [0.1, 0.15) is 13.8 Å². The molecule has 21 heavy (non-hydrogen) atoms. The maximum absolute atomic E-state index is 11.9. The van der Waals surface area contributed by atoms with E-state index in [1.165, 1.54) is 11.3 Å². The fraction of sp³-hybridized carbons (Fsp3) is 0.462. The van der Waals surface area contributed by atoms with Gasteiger partial charge in [-0.3, -0.25) is 10.2 Å². The lowest BCUT2D eigenvalue weighted by atomic mass is 10.2. The molecule has 7 nitrogen and oxygen atoms in total. The van der Waals surface area contributed by atoms with E-state index in [-0.39, 0.29) is 12.5 Å². The zero-order chi connectivity index (χ0) is 15.4. The van der Waals surface area contributed by atoms with Crippen LogP contribution in [-0.2, 0) is 4.79 Å². The first-order chi connectivity index (χ1) is 10.0. The Morgan fingerprint density at radius 2 is 2.24 bits per heavy atom. The van der Waals surface area contributed by atoms with Gasteiger partial charge in [0, 0.05) is 13.6 Å². The van der Waals surface area contributed by atoms with Crippen molar-refractivity contribution < 1.29 is 4.79 Å². The molecule has 0 unspecified atom stereocenters. The number of fused-ring (bicyclic) bond motifs is 1. The third-order valence-corrected chi connectivity index (χ3v) is 3.69. The summed E-state index contributed by atoms with van der Waals surface area (Å²) in [6.07, 6.45) is 0. The van der Waals surface area contributed by atoms with Gasteiger partial charge in [-0.25, -0.2) is 10.8 Å². The van der Waals surface area contributed by atoms with E-state index in [1.807, 2.05) is 18.5 Å². The minimum absolute atomic E-state index is 0.0320. The monoisotopic (exact) mass is 308 g/mol. The molecule has 0 aliphatic heterocycles. The number of nitrogen functional groups attached to an aromatic ring is 1. The molecule has 2 aromatic heterocycles. The fourth-order valence-corrected chi connectivity index (χ4v) is 2.62. The van der Waals surface area contributed by atoms with E-state index in [4.69, 9.17) is 5.84 Å². The van der Waals surface area contributed by atoms with Crippen molar-refractivity contribution in [3.05, 3.63) is 11.4 Å². The summed E-state index contributed by atoms with van der Waals surface area (Å²) in [7, 11) is 1.83. The molecule has 2 rings (SSSR count). The van der Waals surface area contributed by atoms with Gasteiger partial charge in [0.05, 0.1) is 11.9 Å². The first kappa shape index (κ1) is 15.5. The van der Waals surface area contributed by atoms with E-state index in [0.717, 1.165) is 10.2 Å². The first-order valence-electron chi connectivity index (χ1n) is 6.71. The number of carbonyl (C=O) groups is 1. The van der Waals surface area contributed by atoms with Gasteiger partial charge >= 0.3 is 0 Å². The van der Waals surface area contributed by atoms with Crippen LogP contribution in [0.2, 0.25) is 0 Å². The predicted molar refractivity (Wildman–Crippen MR) is 86.3 cm³/mol. The molecule has 4 N–H and O–H groups in total. The molecule has 0 aliphatic carbocycles. The fourth-order valence-electron chi connectivity index (χ4n) is 1.86. The summed E-state index contributed by atoms with van der Waals surface area (Å²) in [5, 5.41) is 5.75. The molecule has 1 amide bonds. The largest absolute Gasteiger partial charge is 0.354 e. The minimum atomic E-state index is -0.0320. The van der Waals surface area contributed by atoms with Crippen molar-refractivity contribution in [1.82, 2.24) is 15.3 Å². The number of likely N-dealkylation sites (N-methyl/N-ethyl adjacent to an activating group) is 1. The summed E-state index contributed by atoms with van der Waals surface area (Å²) in [5.41, 5.74) is 2.45. The van der Waals surface area contributed by atoms with Gasteiger partial charge in [0.15, 0.2) is 0 Å². The van der Waals surface area contributed by atoms with Gasteiger partial charge in [-0.2, -0.15) is 4.98 Å². The van der Waals surface area contributed by atoms with Crippen LogP contribution in [-0.4, -0.2) is 36.0 Å². The Bertz CT molecular complexity index is 626. The summed E-state index contributed by atoms with van der Waals surface area (Å²) >= 11 is 1.51. The number of hydrogen-bond acceptors (Lipinski definition) is 7. The number of nitrogens with one attached hydrogen (secondary N) is 2. The van der Waals surface area contributed by atoms with E-state index in [9.17, 15) is 4.79 Å². The van der Waals surface area contributed by atoms with Crippen LogP contribution in [0.25, 0.3) is 10.2 Å². The Balaban J connectivity index is 2.16. The molecule has 8 heteroatoms. The molecule has 114 valence electrons. The highest BCUT2D eigenvalue weighted by Crippen LogP contribution is 2.28. The lowest BCUT2D eigenvalue weighted by Gasteiger charge is -2.19. The molecule has 0 aromatic carbocycles. The topological polar surface area (TPSA) is 96.2 Å². The van der Waals surface area contributed by atoms with Crippen LogP contribution in [0.3, 0.4) is 0 Å². The molecule has 0 saturated heterocycles. The predicted octanol–water partition coefficient (Wildman–Crippen LogP) is 1.19. The summed E-state index contributed by atoms with van der Waals surface area (Å²) in [5.74, 6) is 6.82. The average Bonchev–Trinajstić information content (AvgIpc) is 2.91. The normalized spacial score (nSPS) is 10.9. The Labute approximate surface area is 127 Å². The Morgan fingerprint density at radius 3 is 2.90 bits per heavy atom. The van der Waals surface area contributed by atoms with Crippen molar-refractivity contribution in [3.63, 3.8) is 0 Å². The molecular weight excluding hydrogens is 288 g/mol. The number of nitrogens with zero attached hydrogens (tertiary/aromatic N) is 3. The molecule has 0 bridgehead atoms. The Kier molecular flexibility index (Phi) is 4.92. The average molecular weight is 308 g/mol. The van der Waals surface area contributed by atoms with Crippen LogP contribution in [0.4, 0.5) is 11.8 Å². The second-order valence-electron chi connectivity index (χ2n) is 5.21. The summed E-state index contributed by atoms with van der Waals surface area (Å²) < 4.78 is 0. The summed E-state index contributed by atoms with van der Waals surface area (Å²) in [6.45, 7) is 5.02. The Hall–Kier alpha value is -1.93. The number of amides is 1. The number of hydrazine groups is 1. The number of aromatic nitrogens is 2. The lowest BCUT2D eigenvalue weighted by molar-refractivity contribution is -0.119. The quantitative estimate of drug-likeness (QED) is 0.548. The zero-order valence-corrected chi connectivity index (χ0v) is 13.2. The molecule has 0 aliphatic rings. The number of hydrogen-bond donors (Lipinski definition) is 3. The number of nitrogens with two attached hydrogens (primary N) is 1. The van der Waals surface area contributed by atoms with Crippen LogP contribution < -0.4 is 21.5 Å². The lowest BCUT2D eigenvalue weighted by Crippen LogP contribution is -2.37. The summed E-state index contributed by atoms with van der Waals surface area (Å²) in [4.78, 5) is 23.2. The molecule has 0 spiro atoms. The maximum Gasteiger partial charge on any atom is 0.240 e. The van der Waals surface area contributed by atoms with Gasteiger partial charge in [-0.1, -0.05) is 13.8 Å². The number of anilines is 2. The molecule has 0 fully saturated rings. The molecule has 0 atom stereocenters. The molecular formula is C13H20N6OS. The van der Waals surface area contributed by atoms with Crippen LogP contribution in [0.5, 0.6) is 0 Å². The van der Waals surface area contributed by atoms with E-state index in [0.29, 0.717) is 24.2 Å². The SMILES string of the molecule is CC(C)CNC(=O)CN(C)c1nc(NN)nc2sccc12. The van der Waals surface area contributed by atoms with Crippen molar-refractivity contribution in [2.75, 3.05) is 30.5 Å². The highest BCUT2D eigenvalue weighted by molar-refractivity contribution is 7.16. The third-order valence-electron chi connectivity index (χ3n) is 2.88. The third kappa shape index (κ3) is 3.79. The van der Waals surface area contributed by atoms with Crippen LogP contribution in [0, 0.1) is 5.92 Å². The van der Waals surface area contributed by atoms with E-state index in [2.05, 4.69) is 34.6 Å². The minimum Gasteiger partial charge on any atom is -0.354 e. The maximum atomic E-state index is 11.9. The smallest absolute Gasteiger partial charge is 0.240 e. The van der Waals surface area contributed by atoms with Crippen molar-refractivity contribution in [1.29, 1.82) is 0 Å². The first-order valence-corrected chi connectivity index (χ1v) is 7.59.